The Morgan fingerprint density at radius 1 is 1.00 bits per heavy atom. The highest BCUT2D eigenvalue weighted by molar-refractivity contribution is 5.41. The third-order valence-corrected chi connectivity index (χ3v) is 7.45. The van der Waals surface area contributed by atoms with Crippen LogP contribution in [0.15, 0.2) is 67.0 Å². The van der Waals surface area contributed by atoms with Gasteiger partial charge in [0.05, 0.1) is 5.69 Å². The van der Waals surface area contributed by atoms with Gasteiger partial charge in [-0.15, -0.1) is 0 Å². The summed E-state index contributed by atoms with van der Waals surface area (Å²) in [7, 11) is 0. The van der Waals surface area contributed by atoms with Crippen molar-refractivity contribution in [2.24, 2.45) is 5.92 Å². The highest BCUT2D eigenvalue weighted by Gasteiger charge is 2.54. The van der Waals surface area contributed by atoms with Gasteiger partial charge >= 0.3 is 0 Å². The first kappa shape index (κ1) is 19.2. The highest BCUT2D eigenvalue weighted by atomic mass is 19.1. The number of aromatic nitrogens is 2. The number of hydrogen-bond acceptors (Lipinski definition) is 4. The van der Waals surface area contributed by atoms with Gasteiger partial charge in [-0.2, -0.15) is 5.10 Å². The molecule has 31 heavy (non-hydrogen) atoms. The summed E-state index contributed by atoms with van der Waals surface area (Å²) in [6.45, 7) is 7.38. The van der Waals surface area contributed by atoms with E-state index >= 15 is 0 Å². The van der Waals surface area contributed by atoms with Gasteiger partial charge in [-0.05, 0) is 35.4 Å². The first-order valence-electron chi connectivity index (χ1n) is 11.2. The van der Waals surface area contributed by atoms with Crippen molar-refractivity contribution in [3.8, 4) is 5.69 Å². The molecular weight excluding hydrogens is 389 g/mol. The molecule has 160 valence electrons. The Bertz CT molecular complexity index is 1040. The SMILES string of the molecule is Fc1ccc(-n2cccn2)c(CNC2C3CN4CCN(C3)CC2(c2ccccc2)C4)c1. The molecule has 4 aliphatic heterocycles. The molecule has 4 saturated heterocycles. The minimum atomic E-state index is -0.204. The monoisotopic (exact) mass is 417 g/mol. The molecule has 5 nitrogen and oxygen atoms in total. The van der Waals surface area contributed by atoms with Crippen LogP contribution in [0.3, 0.4) is 0 Å². The highest BCUT2D eigenvalue weighted by Crippen LogP contribution is 2.43. The van der Waals surface area contributed by atoms with E-state index in [2.05, 4.69) is 50.5 Å². The minimum Gasteiger partial charge on any atom is -0.308 e. The number of hydrogen-bond donors (Lipinski definition) is 1. The molecule has 1 N–H and O–H groups in total. The predicted molar refractivity (Wildman–Crippen MR) is 119 cm³/mol. The Morgan fingerprint density at radius 3 is 2.48 bits per heavy atom. The zero-order valence-electron chi connectivity index (χ0n) is 17.6. The summed E-state index contributed by atoms with van der Waals surface area (Å²) in [6.07, 6.45) is 3.67. The van der Waals surface area contributed by atoms with Crippen molar-refractivity contribution in [3.05, 3.63) is 83.9 Å². The fraction of sp³-hybridized carbons (Fsp3) is 0.400. The van der Waals surface area contributed by atoms with Crippen LogP contribution in [0.25, 0.3) is 5.69 Å². The van der Waals surface area contributed by atoms with Crippen LogP contribution in [-0.4, -0.2) is 64.9 Å². The van der Waals surface area contributed by atoms with Crippen LogP contribution in [0.5, 0.6) is 0 Å². The van der Waals surface area contributed by atoms with E-state index in [9.17, 15) is 4.39 Å². The summed E-state index contributed by atoms with van der Waals surface area (Å²) in [6, 6.07) is 18.2. The van der Waals surface area contributed by atoms with Crippen LogP contribution < -0.4 is 5.32 Å². The third-order valence-electron chi connectivity index (χ3n) is 7.45. The van der Waals surface area contributed by atoms with Crippen LogP contribution in [0.4, 0.5) is 4.39 Å². The zero-order chi connectivity index (χ0) is 20.8. The quantitative estimate of drug-likeness (QED) is 0.693. The van der Waals surface area contributed by atoms with Gasteiger partial charge in [0, 0.05) is 75.6 Å². The molecule has 4 fully saturated rings. The minimum absolute atomic E-state index is 0.0537. The number of piperidine rings is 2. The summed E-state index contributed by atoms with van der Waals surface area (Å²) in [4.78, 5) is 5.31. The van der Waals surface area contributed by atoms with Crippen molar-refractivity contribution < 1.29 is 4.39 Å². The molecule has 0 spiro atoms. The molecular formula is C25H28FN5. The average Bonchev–Trinajstić information content (AvgIpc) is 3.20. The average molecular weight is 418 g/mol. The molecule has 3 unspecified atom stereocenters. The Balaban J connectivity index is 1.35. The number of fused-ring (bicyclic) bond motifs is 1. The second-order valence-electron chi connectivity index (χ2n) is 9.33. The maximum atomic E-state index is 14.2. The topological polar surface area (TPSA) is 36.3 Å². The van der Waals surface area contributed by atoms with E-state index in [-0.39, 0.29) is 11.2 Å². The summed E-state index contributed by atoms with van der Waals surface area (Å²) in [5.41, 5.74) is 3.35. The lowest BCUT2D eigenvalue weighted by molar-refractivity contribution is 0.0175. The summed E-state index contributed by atoms with van der Waals surface area (Å²) < 4.78 is 16.0. The van der Waals surface area contributed by atoms with Crippen molar-refractivity contribution >= 4 is 0 Å². The molecule has 3 aromatic rings. The molecule has 1 aromatic heterocycles. The molecule has 0 amide bonds. The van der Waals surface area contributed by atoms with Gasteiger partial charge in [-0.1, -0.05) is 30.3 Å². The van der Waals surface area contributed by atoms with Crippen LogP contribution in [0, 0.1) is 11.7 Å². The Labute approximate surface area is 182 Å². The van der Waals surface area contributed by atoms with Gasteiger partial charge in [0.25, 0.3) is 0 Å². The van der Waals surface area contributed by atoms with Crippen LogP contribution >= 0.6 is 0 Å². The lowest BCUT2D eigenvalue weighted by Gasteiger charge is -2.56. The van der Waals surface area contributed by atoms with Crippen molar-refractivity contribution in [2.45, 2.75) is 18.0 Å². The molecule has 4 aliphatic rings. The summed E-state index contributed by atoms with van der Waals surface area (Å²) in [5.74, 6) is 0.358. The van der Waals surface area contributed by atoms with Gasteiger partial charge in [0.1, 0.15) is 5.82 Å². The fourth-order valence-corrected chi connectivity index (χ4v) is 6.23. The van der Waals surface area contributed by atoms with E-state index in [1.165, 1.54) is 11.6 Å². The van der Waals surface area contributed by atoms with E-state index in [1.54, 1.807) is 12.3 Å². The molecule has 0 saturated carbocycles. The van der Waals surface area contributed by atoms with Gasteiger partial charge in [0.2, 0.25) is 0 Å². The lowest BCUT2D eigenvalue weighted by Crippen LogP contribution is -2.69. The van der Waals surface area contributed by atoms with Gasteiger partial charge < -0.3 is 15.1 Å². The number of nitrogens with one attached hydrogen (secondary N) is 1. The Hall–Kier alpha value is -2.54. The second kappa shape index (κ2) is 7.55. The van der Waals surface area contributed by atoms with Gasteiger partial charge in [-0.3, -0.25) is 0 Å². The summed E-state index contributed by atoms with van der Waals surface area (Å²) in [5, 5.41) is 8.29. The van der Waals surface area contributed by atoms with E-state index in [1.807, 2.05) is 23.0 Å². The number of rotatable bonds is 5. The zero-order valence-corrected chi connectivity index (χ0v) is 17.6. The van der Waals surface area contributed by atoms with Crippen LogP contribution in [0.1, 0.15) is 11.1 Å². The maximum absolute atomic E-state index is 14.2. The van der Waals surface area contributed by atoms with E-state index in [0.29, 0.717) is 18.5 Å². The molecule has 7 rings (SSSR count). The third kappa shape index (κ3) is 3.30. The maximum Gasteiger partial charge on any atom is 0.123 e. The van der Waals surface area contributed by atoms with Gasteiger partial charge in [0.15, 0.2) is 0 Å². The molecule has 6 heteroatoms. The predicted octanol–water partition coefficient (Wildman–Crippen LogP) is 2.67. The number of halogens is 1. The van der Waals surface area contributed by atoms with Crippen molar-refractivity contribution in [2.75, 3.05) is 39.3 Å². The van der Waals surface area contributed by atoms with Crippen molar-refractivity contribution in [1.82, 2.24) is 24.9 Å². The molecule has 2 aromatic carbocycles. The normalized spacial score (nSPS) is 31.6. The molecule has 5 heterocycles. The van der Waals surface area contributed by atoms with E-state index in [0.717, 1.165) is 50.5 Å². The van der Waals surface area contributed by atoms with Crippen molar-refractivity contribution in [3.63, 3.8) is 0 Å². The number of nitrogens with zero attached hydrogens (tertiary/aromatic N) is 4. The smallest absolute Gasteiger partial charge is 0.123 e. The Morgan fingerprint density at radius 2 is 1.77 bits per heavy atom. The number of benzene rings is 2. The molecule has 3 atom stereocenters. The standard InChI is InChI=1S/C25H28FN5/c26-22-7-8-23(31-10-4-9-28-31)19(13-22)14-27-24-20-15-29-11-12-30(16-20)18-25(24,17-29)21-5-2-1-3-6-21/h1-10,13,20,24,27H,11-12,14-18H2. The van der Waals surface area contributed by atoms with Crippen LogP contribution in [-0.2, 0) is 12.0 Å². The molecule has 4 bridgehead atoms. The Kier molecular flexibility index (Phi) is 4.67. The van der Waals surface area contributed by atoms with E-state index < -0.39 is 0 Å². The summed E-state index contributed by atoms with van der Waals surface area (Å²) >= 11 is 0. The largest absolute Gasteiger partial charge is 0.308 e. The first-order valence-corrected chi connectivity index (χ1v) is 11.2. The fourth-order valence-electron chi connectivity index (χ4n) is 6.23. The van der Waals surface area contributed by atoms with E-state index in [4.69, 9.17) is 0 Å². The molecule has 0 aliphatic carbocycles. The first-order chi connectivity index (χ1) is 15.2. The van der Waals surface area contributed by atoms with Crippen molar-refractivity contribution in [1.29, 1.82) is 0 Å². The lowest BCUT2D eigenvalue weighted by atomic mass is 9.64. The molecule has 0 radical (unpaired) electrons. The van der Waals surface area contributed by atoms with Crippen LogP contribution in [0.2, 0.25) is 0 Å². The second-order valence-corrected chi connectivity index (χ2v) is 9.33. The van der Waals surface area contributed by atoms with Gasteiger partial charge in [-0.25, -0.2) is 9.07 Å².